The largest absolute Gasteiger partial charge is 0.380 e. The Balaban J connectivity index is 2.03. The average Bonchev–Trinajstić information content (AvgIpc) is 2.68. The Kier molecular flexibility index (Phi) is 4.79. The van der Waals surface area contributed by atoms with Crippen molar-refractivity contribution in [3.05, 3.63) is 22.1 Å². The smallest absolute Gasteiger partial charge is 0.363 e. The van der Waals surface area contributed by atoms with E-state index in [1.54, 1.807) is 11.8 Å². The van der Waals surface area contributed by atoms with Crippen molar-refractivity contribution in [1.29, 1.82) is 0 Å². The van der Waals surface area contributed by atoms with Crippen LogP contribution >= 0.6 is 27.7 Å². The second-order valence-corrected chi connectivity index (χ2v) is 5.46. The molecule has 0 aliphatic rings. The minimum Gasteiger partial charge on any atom is -0.380 e. The molecule has 0 saturated carbocycles. The van der Waals surface area contributed by atoms with E-state index < -0.39 is 0 Å². The summed E-state index contributed by atoms with van der Waals surface area (Å²) in [7, 11) is 0. The third kappa shape index (κ3) is 3.33. The highest BCUT2D eigenvalue weighted by Gasteiger charge is 2.06. The average molecular weight is 333 g/mol. The minimum atomic E-state index is -0.385. The molecule has 1 N–H and O–H groups in total. The summed E-state index contributed by atoms with van der Waals surface area (Å²) in [5.74, 6) is 0.825. The quantitative estimate of drug-likeness (QED) is 0.489. The number of nitrogens with one attached hydrogen (secondary N) is 1. The lowest BCUT2D eigenvalue weighted by molar-refractivity contribution is 0.168. The van der Waals surface area contributed by atoms with Crippen molar-refractivity contribution in [2.45, 2.75) is 11.9 Å². The van der Waals surface area contributed by atoms with Gasteiger partial charge >= 0.3 is 5.69 Å². The molecule has 8 heteroatoms. The second-order valence-electron chi connectivity index (χ2n) is 3.58. The first-order valence-corrected chi connectivity index (χ1v) is 7.54. The lowest BCUT2D eigenvalue weighted by Gasteiger charge is -2.05. The first-order valence-electron chi connectivity index (χ1n) is 5.44. The monoisotopic (exact) mass is 332 g/mol. The van der Waals surface area contributed by atoms with Gasteiger partial charge in [-0.25, -0.2) is 9.89 Å². The van der Waals surface area contributed by atoms with Gasteiger partial charge in [-0.1, -0.05) is 15.9 Å². The minimum absolute atomic E-state index is 0.385. The number of aromatic amines is 1. The van der Waals surface area contributed by atoms with Crippen LogP contribution in [0.4, 0.5) is 0 Å². The number of H-pyrrole nitrogens is 1. The summed E-state index contributed by atoms with van der Waals surface area (Å²) in [6.45, 7) is 3.34. The van der Waals surface area contributed by atoms with Crippen molar-refractivity contribution in [3.63, 3.8) is 0 Å². The Labute approximate surface area is 116 Å². The van der Waals surface area contributed by atoms with Gasteiger partial charge in [-0.3, -0.25) is 0 Å². The van der Waals surface area contributed by atoms with Crippen LogP contribution in [0, 0.1) is 6.92 Å². The SMILES string of the molecule is Cc1cc2nc(=O)[nH]n2nc1SCCOCCBr. The van der Waals surface area contributed by atoms with Gasteiger partial charge in [-0.2, -0.15) is 9.61 Å². The van der Waals surface area contributed by atoms with Gasteiger partial charge in [0.15, 0.2) is 5.65 Å². The normalized spacial score (nSPS) is 11.2. The summed E-state index contributed by atoms with van der Waals surface area (Å²) in [4.78, 5) is 14.9. The zero-order valence-corrected chi connectivity index (χ0v) is 12.3. The molecule has 0 saturated heterocycles. The molecule has 0 bridgehead atoms. The van der Waals surface area contributed by atoms with Crippen molar-refractivity contribution in [2.75, 3.05) is 24.3 Å². The van der Waals surface area contributed by atoms with Gasteiger partial charge in [0.25, 0.3) is 0 Å². The van der Waals surface area contributed by atoms with Crippen LogP contribution in [0.15, 0.2) is 15.9 Å². The van der Waals surface area contributed by atoms with E-state index in [1.807, 2.05) is 13.0 Å². The molecule has 98 valence electrons. The molecule has 2 aromatic rings. The molecular weight excluding hydrogens is 320 g/mol. The van der Waals surface area contributed by atoms with Crippen LogP contribution in [-0.4, -0.2) is 44.1 Å². The van der Waals surface area contributed by atoms with Crippen molar-refractivity contribution in [1.82, 2.24) is 19.8 Å². The molecular formula is C10H13BrN4O2S. The molecule has 2 aromatic heterocycles. The van der Waals surface area contributed by atoms with Crippen LogP contribution in [-0.2, 0) is 4.74 Å². The number of alkyl halides is 1. The van der Waals surface area contributed by atoms with Crippen LogP contribution in [0.5, 0.6) is 0 Å². The standard InChI is InChI=1S/C10H13BrN4O2S/c1-7-6-8-12-10(16)14-15(8)13-9(7)18-5-4-17-3-2-11/h6H,2-5H2,1H3,(H,14,16). The highest BCUT2D eigenvalue weighted by atomic mass is 79.9. The number of halogens is 1. The highest BCUT2D eigenvalue weighted by molar-refractivity contribution is 9.09. The number of rotatable bonds is 6. The van der Waals surface area contributed by atoms with E-state index in [1.165, 1.54) is 4.63 Å². The Hall–Kier alpha value is -0.860. The molecule has 0 amide bonds. The van der Waals surface area contributed by atoms with Gasteiger partial charge in [0.1, 0.15) is 5.03 Å². The Bertz CT molecular complexity index is 583. The third-order valence-corrected chi connectivity index (χ3v) is 3.57. The summed E-state index contributed by atoms with van der Waals surface area (Å²) in [5, 5.41) is 8.55. The fraction of sp³-hybridized carbons (Fsp3) is 0.500. The number of hydrogen-bond donors (Lipinski definition) is 1. The predicted molar refractivity (Wildman–Crippen MR) is 73.7 cm³/mol. The molecule has 2 heterocycles. The fourth-order valence-corrected chi connectivity index (χ4v) is 2.47. The van der Waals surface area contributed by atoms with Gasteiger partial charge in [-0.05, 0) is 18.6 Å². The number of fused-ring (bicyclic) bond motifs is 1. The van der Waals surface area contributed by atoms with Crippen LogP contribution in [0.3, 0.4) is 0 Å². The van der Waals surface area contributed by atoms with Crippen LogP contribution in [0.1, 0.15) is 5.56 Å². The number of aryl methyl sites for hydroxylation is 1. The first-order chi connectivity index (χ1) is 8.70. The number of thioether (sulfide) groups is 1. The number of aromatic nitrogens is 4. The molecule has 0 aliphatic carbocycles. The molecule has 0 atom stereocenters. The summed E-state index contributed by atoms with van der Waals surface area (Å²) in [6, 6.07) is 1.84. The van der Waals surface area contributed by atoms with Gasteiger partial charge < -0.3 is 4.74 Å². The maximum atomic E-state index is 11.1. The lowest BCUT2D eigenvalue weighted by atomic mass is 10.3. The first kappa shape index (κ1) is 13.6. The van der Waals surface area contributed by atoms with E-state index in [-0.39, 0.29) is 5.69 Å². The molecule has 2 rings (SSSR count). The van der Waals surface area contributed by atoms with Crippen molar-refractivity contribution in [3.8, 4) is 0 Å². The van der Waals surface area contributed by atoms with Gasteiger partial charge in [0.2, 0.25) is 0 Å². The molecule has 0 aromatic carbocycles. The Morgan fingerprint density at radius 2 is 2.39 bits per heavy atom. The lowest BCUT2D eigenvalue weighted by Crippen LogP contribution is -2.05. The number of ether oxygens (including phenoxy) is 1. The molecule has 0 aliphatic heterocycles. The van der Waals surface area contributed by atoms with Gasteiger partial charge in [-0.15, -0.1) is 16.9 Å². The molecule has 0 unspecified atom stereocenters. The van der Waals surface area contributed by atoms with E-state index in [0.717, 1.165) is 21.7 Å². The summed E-state index contributed by atoms with van der Waals surface area (Å²) >= 11 is 4.90. The van der Waals surface area contributed by atoms with E-state index in [0.29, 0.717) is 18.9 Å². The van der Waals surface area contributed by atoms with Crippen LogP contribution in [0.25, 0.3) is 5.65 Å². The summed E-state index contributed by atoms with van der Waals surface area (Å²) in [5.41, 5.74) is 1.16. The van der Waals surface area contributed by atoms with Gasteiger partial charge in [0.05, 0.1) is 13.2 Å². The molecule has 0 spiro atoms. The summed E-state index contributed by atoms with van der Waals surface area (Å²) < 4.78 is 6.76. The number of nitrogens with zero attached hydrogens (tertiary/aromatic N) is 3. The van der Waals surface area contributed by atoms with E-state index >= 15 is 0 Å². The van der Waals surface area contributed by atoms with Crippen molar-refractivity contribution >= 4 is 33.3 Å². The molecule has 6 nitrogen and oxygen atoms in total. The maximum absolute atomic E-state index is 11.1. The van der Waals surface area contributed by atoms with Gasteiger partial charge in [0, 0.05) is 11.1 Å². The van der Waals surface area contributed by atoms with Crippen LogP contribution < -0.4 is 5.69 Å². The van der Waals surface area contributed by atoms with Crippen LogP contribution in [0.2, 0.25) is 0 Å². The zero-order chi connectivity index (χ0) is 13.0. The second kappa shape index (κ2) is 6.35. The maximum Gasteiger partial charge on any atom is 0.363 e. The van der Waals surface area contributed by atoms with Crippen molar-refractivity contribution in [2.24, 2.45) is 0 Å². The van der Waals surface area contributed by atoms with Crippen molar-refractivity contribution < 1.29 is 4.74 Å². The topological polar surface area (TPSA) is 72.3 Å². The number of hydrogen-bond acceptors (Lipinski definition) is 5. The molecule has 0 fully saturated rings. The molecule has 0 radical (unpaired) electrons. The fourth-order valence-electron chi connectivity index (χ4n) is 1.42. The van der Waals surface area contributed by atoms with E-state index in [9.17, 15) is 4.79 Å². The molecule has 18 heavy (non-hydrogen) atoms. The highest BCUT2D eigenvalue weighted by Crippen LogP contribution is 2.19. The Morgan fingerprint density at radius 3 is 3.17 bits per heavy atom. The van der Waals surface area contributed by atoms with E-state index in [2.05, 4.69) is 31.1 Å². The Morgan fingerprint density at radius 1 is 1.56 bits per heavy atom. The van der Waals surface area contributed by atoms with E-state index in [4.69, 9.17) is 4.74 Å². The zero-order valence-electron chi connectivity index (χ0n) is 9.85. The third-order valence-electron chi connectivity index (χ3n) is 2.20. The predicted octanol–water partition coefficient (Wildman–Crippen LogP) is 1.23. The summed E-state index contributed by atoms with van der Waals surface area (Å²) in [6.07, 6.45) is 0.